The van der Waals surface area contributed by atoms with Gasteiger partial charge in [0.25, 0.3) is 10.0 Å². The Morgan fingerprint density at radius 1 is 1.02 bits per heavy atom. The van der Waals surface area contributed by atoms with E-state index >= 15 is 0 Å². The number of carbonyl (C=O) groups excluding carboxylic acids is 2. The molecule has 1 aromatic heterocycles. The van der Waals surface area contributed by atoms with Gasteiger partial charge in [0.2, 0.25) is 11.8 Å². The summed E-state index contributed by atoms with van der Waals surface area (Å²) in [7, 11) is -4.23. The fourth-order valence-corrected chi connectivity index (χ4v) is 5.02. The minimum atomic E-state index is -4.23. The van der Waals surface area contributed by atoms with Gasteiger partial charge in [0.1, 0.15) is 17.6 Å². The highest BCUT2D eigenvalue weighted by atomic mass is 32.2. The van der Waals surface area contributed by atoms with Crippen LogP contribution in [0.2, 0.25) is 0 Å². The molecule has 0 saturated carbocycles. The molecule has 1 heterocycles. The second-order valence-corrected chi connectivity index (χ2v) is 10.7. The molecule has 1 N–H and O–H groups in total. The molecule has 0 spiro atoms. The highest BCUT2D eigenvalue weighted by Crippen LogP contribution is 2.20. The lowest BCUT2D eigenvalue weighted by Gasteiger charge is -2.25. The maximum absolute atomic E-state index is 14.1. The largest absolute Gasteiger partial charge is 0.312 e. The third-order valence-corrected chi connectivity index (χ3v) is 7.20. The molecule has 1 unspecified atom stereocenters. The van der Waals surface area contributed by atoms with Crippen LogP contribution in [0.3, 0.4) is 0 Å². The van der Waals surface area contributed by atoms with Crippen molar-refractivity contribution in [1.82, 2.24) is 14.5 Å². The van der Waals surface area contributed by atoms with E-state index in [0.29, 0.717) is 16.8 Å². The maximum atomic E-state index is 14.1. The second kappa shape index (κ2) is 13.1. The molecule has 41 heavy (non-hydrogen) atoms. The number of benzene rings is 3. The fraction of sp³-hybridized carbons (Fsp3) is 0.167. The van der Waals surface area contributed by atoms with Crippen molar-refractivity contribution >= 4 is 33.6 Å². The number of amides is 2. The third-order valence-electron chi connectivity index (χ3n) is 6.22. The van der Waals surface area contributed by atoms with Gasteiger partial charge in [0.05, 0.1) is 18.1 Å². The van der Waals surface area contributed by atoms with E-state index in [4.69, 9.17) is 0 Å². The highest BCUT2D eigenvalue weighted by molar-refractivity contribution is 7.93. The SMILES string of the molecule is CCN(C(=O)C(Cc1cnn(Cc2ccc(F)cc2F)c1)C(=O)NS(=O)(=O)C=Cc1ccccc1)c1ccccc1. The average Bonchev–Trinajstić information content (AvgIpc) is 3.40. The molecule has 4 aromatic rings. The van der Waals surface area contributed by atoms with Crippen LogP contribution in [-0.4, -0.2) is 36.6 Å². The summed E-state index contributed by atoms with van der Waals surface area (Å²) in [5, 5.41) is 5.04. The van der Waals surface area contributed by atoms with Crippen molar-refractivity contribution in [1.29, 1.82) is 0 Å². The van der Waals surface area contributed by atoms with Gasteiger partial charge in [-0.1, -0.05) is 54.6 Å². The van der Waals surface area contributed by atoms with Gasteiger partial charge >= 0.3 is 0 Å². The van der Waals surface area contributed by atoms with Gasteiger partial charge in [-0.05, 0) is 48.7 Å². The van der Waals surface area contributed by atoms with Gasteiger partial charge in [-0.3, -0.25) is 14.3 Å². The number of para-hydroxylation sites is 1. The quantitative estimate of drug-likeness (QED) is 0.264. The van der Waals surface area contributed by atoms with Crippen molar-refractivity contribution in [3.8, 4) is 0 Å². The van der Waals surface area contributed by atoms with Gasteiger partial charge < -0.3 is 4.90 Å². The maximum Gasteiger partial charge on any atom is 0.257 e. The smallest absolute Gasteiger partial charge is 0.257 e. The monoisotopic (exact) mass is 578 g/mol. The zero-order chi connectivity index (χ0) is 29.4. The number of carbonyl (C=O) groups is 2. The van der Waals surface area contributed by atoms with Crippen LogP contribution in [0.1, 0.15) is 23.6 Å². The molecule has 4 rings (SSSR count). The minimum Gasteiger partial charge on any atom is -0.312 e. The summed E-state index contributed by atoms with van der Waals surface area (Å²) < 4.78 is 56.3. The second-order valence-electron chi connectivity index (χ2n) is 9.18. The first kappa shape index (κ1) is 29.3. The number of aromatic nitrogens is 2. The molecular weight excluding hydrogens is 550 g/mol. The van der Waals surface area contributed by atoms with Crippen LogP contribution in [0.5, 0.6) is 0 Å². The van der Waals surface area contributed by atoms with Crippen molar-refractivity contribution in [2.45, 2.75) is 19.9 Å². The summed E-state index contributed by atoms with van der Waals surface area (Å²) in [6.07, 6.45) is 4.11. The zero-order valence-corrected chi connectivity index (χ0v) is 23.0. The number of rotatable bonds is 11. The molecule has 8 nitrogen and oxygen atoms in total. The predicted molar refractivity (Wildman–Crippen MR) is 152 cm³/mol. The Morgan fingerprint density at radius 3 is 2.37 bits per heavy atom. The molecule has 3 aromatic carbocycles. The van der Waals surface area contributed by atoms with E-state index in [-0.39, 0.29) is 25.1 Å². The molecule has 0 saturated heterocycles. The molecule has 0 bridgehead atoms. The van der Waals surface area contributed by atoms with Gasteiger partial charge in [-0.25, -0.2) is 21.9 Å². The van der Waals surface area contributed by atoms with Crippen molar-refractivity contribution in [3.05, 3.63) is 125 Å². The number of nitrogens with one attached hydrogen (secondary N) is 1. The predicted octanol–water partition coefficient (Wildman–Crippen LogP) is 4.54. The van der Waals surface area contributed by atoms with Gasteiger partial charge in [0.15, 0.2) is 0 Å². The molecule has 0 aliphatic rings. The molecule has 1 atom stereocenters. The molecule has 0 fully saturated rings. The standard InChI is InChI=1S/C30H28F2N4O4S/c1-2-36(26-11-7-4-8-12-26)30(38)27(29(37)34-41(39,40)16-15-22-9-5-3-6-10-22)17-23-19-33-35(20-23)21-24-13-14-25(31)18-28(24)32/h3-16,18-20,27H,2,17,21H2,1H3,(H,34,37). The number of hydrogen-bond acceptors (Lipinski definition) is 5. The van der Waals surface area contributed by atoms with Crippen molar-refractivity contribution in [2.24, 2.45) is 5.92 Å². The van der Waals surface area contributed by atoms with Crippen molar-refractivity contribution < 1.29 is 26.8 Å². The van der Waals surface area contributed by atoms with Crippen LogP contribution in [0.25, 0.3) is 6.08 Å². The normalized spacial score (nSPS) is 12.3. The summed E-state index contributed by atoms with van der Waals surface area (Å²) in [6, 6.07) is 20.6. The lowest BCUT2D eigenvalue weighted by atomic mass is 9.99. The van der Waals surface area contributed by atoms with Gasteiger partial charge in [-0.15, -0.1) is 0 Å². The lowest BCUT2D eigenvalue weighted by molar-refractivity contribution is -0.132. The topological polar surface area (TPSA) is 101 Å². The number of hydrogen-bond donors (Lipinski definition) is 1. The summed E-state index contributed by atoms with van der Waals surface area (Å²) in [6.45, 7) is 1.96. The molecule has 2 amide bonds. The van der Waals surface area contributed by atoms with E-state index in [0.717, 1.165) is 17.5 Å². The zero-order valence-electron chi connectivity index (χ0n) is 22.2. The van der Waals surface area contributed by atoms with E-state index in [1.54, 1.807) is 67.6 Å². The van der Waals surface area contributed by atoms with E-state index in [1.807, 2.05) is 4.72 Å². The Labute approximate surface area is 237 Å². The Bertz CT molecular complexity index is 1640. The summed E-state index contributed by atoms with van der Waals surface area (Å²) in [5.74, 6) is -4.46. The van der Waals surface area contributed by atoms with Crippen LogP contribution in [-0.2, 0) is 32.6 Å². The molecule has 0 aliphatic heterocycles. The molecule has 0 radical (unpaired) electrons. The third kappa shape index (κ3) is 7.95. The molecular formula is C30H28F2N4O4S. The number of nitrogens with zero attached hydrogens (tertiary/aromatic N) is 3. The number of anilines is 1. The first-order valence-electron chi connectivity index (χ1n) is 12.8. The Morgan fingerprint density at radius 2 is 1.71 bits per heavy atom. The number of sulfonamides is 1. The molecule has 212 valence electrons. The van der Waals surface area contributed by atoms with Crippen molar-refractivity contribution in [3.63, 3.8) is 0 Å². The van der Waals surface area contributed by atoms with Crippen LogP contribution in [0.4, 0.5) is 14.5 Å². The Hall–Kier alpha value is -4.64. The van der Waals surface area contributed by atoms with Crippen LogP contribution >= 0.6 is 0 Å². The molecule has 11 heteroatoms. The highest BCUT2D eigenvalue weighted by Gasteiger charge is 2.33. The van der Waals surface area contributed by atoms with E-state index in [9.17, 15) is 26.8 Å². The van der Waals surface area contributed by atoms with Crippen LogP contribution in [0.15, 0.2) is 96.7 Å². The van der Waals surface area contributed by atoms with Gasteiger partial charge in [0, 0.05) is 30.1 Å². The fourth-order valence-electron chi connectivity index (χ4n) is 4.19. The summed E-state index contributed by atoms with van der Waals surface area (Å²) in [4.78, 5) is 28.5. The van der Waals surface area contributed by atoms with E-state index in [1.165, 1.54) is 34.1 Å². The van der Waals surface area contributed by atoms with Crippen LogP contribution < -0.4 is 9.62 Å². The van der Waals surface area contributed by atoms with Crippen molar-refractivity contribution in [2.75, 3.05) is 11.4 Å². The Kier molecular flexibility index (Phi) is 9.41. The van der Waals surface area contributed by atoms with E-state index < -0.39 is 39.4 Å². The minimum absolute atomic E-state index is 0.0132. The first-order chi connectivity index (χ1) is 19.6. The lowest BCUT2D eigenvalue weighted by Crippen LogP contribution is -2.46. The first-order valence-corrected chi connectivity index (χ1v) is 14.3. The summed E-state index contributed by atoms with van der Waals surface area (Å²) >= 11 is 0. The Balaban J connectivity index is 1.58. The van der Waals surface area contributed by atoms with E-state index in [2.05, 4.69) is 5.10 Å². The van der Waals surface area contributed by atoms with Gasteiger partial charge in [-0.2, -0.15) is 5.10 Å². The number of halogens is 2. The molecule has 0 aliphatic carbocycles. The van der Waals surface area contributed by atoms with Crippen LogP contribution in [0, 0.1) is 17.6 Å². The average molecular weight is 579 g/mol. The summed E-state index contributed by atoms with van der Waals surface area (Å²) in [5.41, 5.74) is 1.81.